The smallest absolute Gasteiger partial charge is 0.271 e. The summed E-state index contributed by atoms with van der Waals surface area (Å²) in [7, 11) is 4.70. The van der Waals surface area contributed by atoms with Gasteiger partial charge in [-0.25, -0.2) is 5.43 Å². The molecule has 25 heavy (non-hydrogen) atoms. The van der Waals surface area contributed by atoms with Crippen molar-refractivity contribution < 1.29 is 19.0 Å². The van der Waals surface area contributed by atoms with E-state index in [4.69, 9.17) is 14.2 Å². The number of hydrogen-bond donors (Lipinski definition) is 1. The number of benzene rings is 2. The Kier molecular flexibility index (Phi) is 6.39. The summed E-state index contributed by atoms with van der Waals surface area (Å²) in [5, 5.41) is 4.15. The zero-order chi connectivity index (χ0) is 18.2. The van der Waals surface area contributed by atoms with Crippen LogP contribution in [0.25, 0.3) is 0 Å². The van der Waals surface area contributed by atoms with Gasteiger partial charge in [0, 0.05) is 17.7 Å². The summed E-state index contributed by atoms with van der Waals surface area (Å²) in [6.45, 7) is 1.86. The van der Waals surface area contributed by atoms with Crippen molar-refractivity contribution in [3.05, 3.63) is 53.6 Å². The first-order valence-corrected chi connectivity index (χ1v) is 7.75. The number of rotatable bonds is 7. The number of carbonyl (C=O) groups excluding carboxylic acids is 1. The monoisotopic (exact) mass is 342 g/mol. The third-order valence-electron chi connectivity index (χ3n) is 3.61. The molecule has 2 aromatic rings. The Balaban J connectivity index is 2.00. The number of ether oxygens (including phenoxy) is 3. The quantitative estimate of drug-likeness (QED) is 0.620. The molecule has 0 radical (unpaired) electrons. The first-order chi connectivity index (χ1) is 12.1. The van der Waals surface area contributed by atoms with Gasteiger partial charge in [0.25, 0.3) is 5.91 Å². The third kappa shape index (κ3) is 4.97. The van der Waals surface area contributed by atoms with Crippen molar-refractivity contribution in [1.82, 2.24) is 5.43 Å². The van der Waals surface area contributed by atoms with Crippen molar-refractivity contribution in [2.45, 2.75) is 13.3 Å². The van der Waals surface area contributed by atoms with Crippen LogP contribution in [0.4, 0.5) is 0 Å². The molecule has 0 aliphatic carbocycles. The Morgan fingerprint density at radius 2 is 1.64 bits per heavy atom. The van der Waals surface area contributed by atoms with E-state index in [1.807, 2.05) is 31.2 Å². The molecular formula is C19H22N2O4. The summed E-state index contributed by atoms with van der Waals surface area (Å²) in [5.74, 6) is 1.56. The molecule has 0 spiro atoms. The molecule has 0 saturated carbocycles. The van der Waals surface area contributed by atoms with E-state index in [2.05, 4.69) is 10.5 Å². The Morgan fingerprint density at radius 1 is 0.960 bits per heavy atom. The predicted octanol–water partition coefficient (Wildman–Crippen LogP) is 3.06. The molecule has 132 valence electrons. The number of hydrogen-bond acceptors (Lipinski definition) is 5. The maximum absolute atomic E-state index is 12.2. The van der Waals surface area contributed by atoms with Crippen LogP contribution in [-0.2, 0) is 6.42 Å². The van der Waals surface area contributed by atoms with Crippen LogP contribution in [0.1, 0.15) is 22.8 Å². The molecule has 0 heterocycles. The highest BCUT2D eigenvalue weighted by Crippen LogP contribution is 2.27. The number of nitrogens with zero attached hydrogens (tertiary/aromatic N) is 1. The van der Waals surface area contributed by atoms with Crippen molar-refractivity contribution in [3.63, 3.8) is 0 Å². The number of amides is 1. The molecular weight excluding hydrogens is 320 g/mol. The second-order valence-corrected chi connectivity index (χ2v) is 5.38. The van der Waals surface area contributed by atoms with Crippen LogP contribution in [-0.4, -0.2) is 32.9 Å². The van der Waals surface area contributed by atoms with Crippen LogP contribution < -0.4 is 19.6 Å². The van der Waals surface area contributed by atoms with Crippen LogP contribution >= 0.6 is 0 Å². The minimum atomic E-state index is -0.310. The number of hydrazone groups is 1. The third-order valence-corrected chi connectivity index (χ3v) is 3.61. The highest BCUT2D eigenvalue weighted by Gasteiger charge is 2.10. The summed E-state index contributed by atoms with van der Waals surface area (Å²) in [6, 6.07) is 12.7. The van der Waals surface area contributed by atoms with Gasteiger partial charge in [-0.3, -0.25) is 4.79 Å². The fourth-order valence-corrected chi connectivity index (χ4v) is 2.27. The van der Waals surface area contributed by atoms with Gasteiger partial charge in [0.1, 0.15) is 5.75 Å². The van der Waals surface area contributed by atoms with Gasteiger partial charge in [0.05, 0.1) is 21.3 Å². The maximum atomic E-state index is 12.2. The molecule has 1 N–H and O–H groups in total. The zero-order valence-corrected chi connectivity index (χ0v) is 14.8. The standard InChI is InChI=1S/C19H22N2O4/c1-13(11-14-5-8-16(23-2)9-6-14)20-21-19(22)15-7-10-17(24-3)18(12-15)25-4/h5-10,12H,11H2,1-4H3,(H,21,22)/b20-13-. The number of carbonyl (C=O) groups is 1. The van der Waals surface area contributed by atoms with Gasteiger partial charge in [0.15, 0.2) is 11.5 Å². The van der Waals surface area contributed by atoms with Gasteiger partial charge >= 0.3 is 0 Å². The maximum Gasteiger partial charge on any atom is 0.271 e. The van der Waals surface area contributed by atoms with Gasteiger partial charge in [0.2, 0.25) is 0 Å². The summed E-state index contributed by atoms with van der Waals surface area (Å²) >= 11 is 0. The molecule has 1 amide bonds. The van der Waals surface area contributed by atoms with Gasteiger partial charge < -0.3 is 14.2 Å². The molecule has 0 atom stereocenters. The van der Waals surface area contributed by atoms with Crippen LogP contribution in [0.5, 0.6) is 17.2 Å². The lowest BCUT2D eigenvalue weighted by Crippen LogP contribution is -2.19. The largest absolute Gasteiger partial charge is 0.497 e. The van der Waals surface area contributed by atoms with Crippen molar-refractivity contribution in [3.8, 4) is 17.2 Å². The summed E-state index contributed by atoms with van der Waals surface area (Å²) < 4.78 is 15.5. The van der Waals surface area contributed by atoms with Crippen molar-refractivity contribution in [2.24, 2.45) is 5.10 Å². The minimum absolute atomic E-state index is 0.310. The Hall–Kier alpha value is -3.02. The summed E-state index contributed by atoms with van der Waals surface area (Å²) in [4.78, 5) is 12.2. The lowest BCUT2D eigenvalue weighted by Gasteiger charge is -2.09. The van der Waals surface area contributed by atoms with E-state index in [0.29, 0.717) is 23.5 Å². The molecule has 6 nitrogen and oxygen atoms in total. The normalized spacial score (nSPS) is 11.0. The van der Waals surface area contributed by atoms with Gasteiger partial charge in [-0.15, -0.1) is 0 Å². The van der Waals surface area contributed by atoms with Crippen LogP contribution in [0, 0.1) is 0 Å². The van der Waals surface area contributed by atoms with Crippen LogP contribution in [0.3, 0.4) is 0 Å². The highest BCUT2D eigenvalue weighted by molar-refractivity contribution is 5.96. The minimum Gasteiger partial charge on any atom is -0.497 e. The SMILES string of the molecule is COc1ccc(C/C(C)=N\NC(=O)c2ccc(OC)c(OC)c2)cc1. The Bertz CT molecular complexity index is 755. The van der Waals surface area contributed by atoms with Gasteiger partial charge in [-0.1, -0.05) is 12.1 Å². The highest BCUT2D eigenvalue weighted by atomic mass is 16.5. The van der Waals surface area contributed by atoms with Gasteiger partial charge in [-0.05, 0) is 42.8 Å². The van der Waals surface area contributed by atoms with Crippen LogP contribution in [0.15, 0.2) is 47.6 Å². The van der Waals surface area contributed by atoms with E-state index in [0.717, 1.165) is 17.0 Å². The topological polar surface area (TPSA) is 69.2 Å². The molecule has 0 fully saturated rings. The molecule has 0 unspecified atom stereocenters. The summed E-state index contributed by atoms with van der Waals surface area (Å²) in [6.07, 6.45) is 0.635. The van der Waals surface area contributed by atoms with E-state index in [1.54, 1.807) is 32.4 Å². The summed E-state index contributed by atoms with van der Waals surface area (Å²) in [5.41, 5.74) is 4.88. The molecule has 2 aromatic carbocycles. The predicted molar refractivity (Wildman–Crippen MR) is 96.8 cm³/mol. The zero-order valence-electron chi connectivity index (χ0n) is 14.8. The van der Waals surface area contributed by atoms with Crippen molar-refractivity contribution in [2.75, 3.05) is 21.3 Å². The van der Waals surface area contributed by atoms with E-state index < -0.39 is 0 Å². The lowest BCUT2D eigenvalue weighted by atomic mass is 10.1. The fraction of sp³-hybridized carbons (Fsp3) is 0.263. The first-order valence-electron chi connectivity index (χ1n) is 7.75. The first kappa shape index (κ1) is 18.3. The van der Waals surface area contributed by atoms with Crippen LogP contribution in [0.2, 0.25) is 0 Å². The number of methoxy groups -OCH3 is 3. The average molecular weight is 342 g/mol. The number of nitrogens with one attached hydrogen (secondary N) is 1. The van der Waals surface area contributed by atoms with Crippen molar-refractivity contribution >= 4 is 11.6 Å². The van der Waals surface area contributed by atoms with E-state index in [1.165, 1.54) is 7.11 Å². The molecule has 0 aliphatic heterocycles. The van der Waals surface area contributed by atoms with E-state index in [9.17, 15) is 4.79 Å². The molecule has 0 saturated heterocycles. The second kappa shape index (κ2) is 8.73. The fourth-order valence-electron chi connectivity index (χ4n) is 2.27. The molecule has 6 heteroatoms. The Labute approximate surface area is 147 Å². The average Bonchev–Trinajstić information content (AvgIpc) is 2.66. The molecule has 0 aliphatic rings. The molecule has 0 bridgehead atoms. The lowest BCUT2D eigenvalue weighted by molar-refractivity contribution is 0.0954. The second-order valence-electron chi connectivity index (χ2n) is 5.38. The van der Waals surface area contributed by atoms with E-state index >= 15 is 0 Å². The molecule has 0 aromatic heterocycles. The molecule has 2 rings (SSSR count). The Morgan fingerprint density at radius 3 is 2.24 bits per heavy atom. The van der Waals surface area contributed by atoms with Crippen molar-refractivity contribution in [1.29, 1.82) is 0 Å². The van der Waals surface area contributed by atoms with E-state index in [-0.39, 0.29) is 5.91 Å². The van der Waals surface area contributed by atoms with Gasteiger partial charge in [-0.2, -0.15) is 5.10 Å².